The lowest BCUT2D eigenvalue weighted by molar-refractivity contribution is 0.554. The normalized spacial score (nSPS) is 24.5. The molecule has 1 aliphatic heterocycles. The van der Waals surface area contributed by atoms with Crippen molar-refractivity contribution in [2.45, 2.75) is 19.0 Å². The zero-order valence-electron chi connectivity index (χ0n) is 8.68. The van der Waals surface area contributed by atoms with Crippen molar-refractivity contribution in [2.24, 2.45) is 0 Å². The fourth-order valence-electron chi connectivity index (χ4n) is 1.86. The first kappa shape index (κ1) is 10.6. The number of hydrogen-bond donors (Lipinski definition) is 1. The molecule has 0 radical (unpaired) electrons. The van der Waals surface area contributed by atoms with Crippen molar-refractivity contribution in [3.63, 3.8) is 0 Å². The highest BCUT2D eigenvalue weighted by Crippen LogP contribution is 2.23. The fraction of sp³-hybridized carbons (Fsp3) is 0.667. The number of imidazole rings is 1. The van der Waals surface area contributed by atoms with Gasteiger partial charge in [0.1, 0.15) is 0 Å². The number of rotatable bonds is 3. The minimum Gasteiger partial charge on any atom is -0.333 e. The minimum atomic E-state index is -2.81. The van der Waals surface area contributed by atoms with Crippen LogP contribution >= 0.6 is 0 Å². The Morgan fingerprint density at radius 1 is 1.67 bits per heavy atom. The summed E-state index contributed by atoms with van der Waals surface area (Å²) in [5.74, 6) is 0.555. The molecule has 1 atom stereocenters. The van der Waals surface area contributed by atoms with E-state index in [1.165, 1.54) is 0 Å². The predicted molar refractivity (Wildman–Crippen MR) is 57.3 cm³/mol. The topological polar surface area (TPSA) is 64.0 Å². The molecule has 1 aromatic rings. The van der Waals surface area contributed by atoms with E-state index in [0.29, 0.717) is 18.7 Å². The first-order valence-corrected chi connectivity index (χ1v) is 6.80. The second-order valence-corrected chi connectivity index (χ2v) is 6.13. The predicted octanol–water partition coefficient (Wildman–Crippen LogP) is -0.0379. The van der Waals surface area contributed by atoms with Gasteiger partial charge >= 0.3 is 0 Å². The Kier molecular flexibility index (Phi) is 2.79. The van der Waals surface area contributed by atoms with Crippen LogP contribution in [-0.4, -0.2) is 36.5 Å². The smallest absolute Gasteiger partial charge is 0.152 e. The van der Waals surface area contributed by atoms with Gasteiger partial charge < -0.3 is 9.88 Å². The van der Waals surface area contributed by atoms with E-state index < -0.39 is 9.84 Å². The molecular weight excluding hydrogens is 214 g/mol. The molecule has 84 valence electrons. The van der Waals surface area contributed by atoms with Crippen molar-refractivity contribution in [1.29, 1.82) is 0 Å². The summed E-state index contributed by atoms with van der Waals surface area (Å²) in [6.07, 6.45) is 4.35. The standard InChI is InChI=1S/C9H15N3O2S/c1-10-4-8-5-12(7-11-8)9-2-3-15(13,14)6-9/h5,7,9-10H,2-4,6H2,1H3. The highest BCUT2D eigenvalue weighted by molar-refractivity contribution is 7.91. The summed E-state index contributed by atoms with van der Waals surface area (Å²) >= 11 is 0. The van der Waals surface area contributed by atoms with Crippen LogP contribution in [-0.2, 0) is 16.4 Å². The van der Waals surface area contributed by atoms with E-state index in [9.17, 15) is 8.42 Å². The van der Waals surface area contributed by atoms with Gasteiger partial charge in [0.05, 0.1) is 23.5 Å². The maximum atomic E-state index is 11.3. The van der Waals surface area contributed by atoms with Crippen molar-refractivity contribution in [3.05, 3.63) is 18.2 Å². The summed E-state index contributed by atoms with van der Waals surface area (Å²) in [5.41, 5.74) is 0.946. The van der Waals surface area contributed by atoms with Crippen LogP contribution in [0.15, 0.2) is 12.5 Å². The van der Waals surface area contributed by atoms with Crippen molar-refractivity contribution < 1.29 is 8.42 Å². The Labute approximate surface area is 89.4 Å². The average Bonchev–Trinajstić information content (AvgIpc) is 2.73. The molecule has 2 heterocycles. The van der Waals surface area contributed by atoms with Gasteiger partial charge in [-0.3, -0.25) is 0 Å². The maximum Gasteiger partial charge on any atom is 0.152 e. The van der Waals surface area contributed by atoms with Gasteiger partial charge in [-0.15, -0.1) is 0 Å². The molecule has 0 aromatic carbocycles. The van der Waals surface area contributed by atoms with Crippen LogP contribution in [0.1, 0.15) is 18.2 Å². The van der Waals surface area contributed by atoms with Crippen LogP contribution in [0.5, 0.6) is 0 Å². The van der Waals surface area contributed by atoms with Gasteiger partial charge in [-0.25, -0.2) is 13.4 Å². The number of hydrogen-bond acceptors (Lipinski definition) is 4. The van der Waals surface area contributed by atoms with Crippen LogP contribution < -0.4 is 5.32 Å². The Hall–Kier alpha value is -0.880. The second kappa shape index (κ2) is 3.94. The average molecular weight is 229 g/mol. The molecule has 0 spiro atoms. The summed E-state index contributed by atoms with van der Waals surface area (Å²) in [5, 5.41) is 3.01. The van der Waals surface area contributed by atoms with Gasteiger partial charge in [0.2, 0.25) is 0 Å². The van der Waals surface area contributed by atoms with Crippen molar-refractivity contribution in [3.8, 4) is 0 Å². The van der Waals surface area contributed by atoms with E-state index in [2.05, 4.69) is 10.3 Å². The van der Waals surface area contributed by atoms with Gasteiger partial charge in [0, 0.05) is 18.8 Å². The number of aromatic nitrogens is 2. The zero-order valence-corrected chi connectivity index (χ0v) is 9.50. The number of nitrogens with zero attached hydrogens (tertiary/aromatic N) is 2. The van der Waals surface area contributed by atoms with E-state index in [-0.39, 0.29) is 11.8 Å². The summed E-state index contributed by atoms with van der Waals surface area (Å²) in [6, 6.07) is 0.0770. The zero-order chi connectivity index (χ0) is 10.9. The van der Waals surface area contributed by atoms with Gasteiger partial charge in [0.25, 0.3) is 0 Å². The SMILES string of the molecule is CNCc1cn(C2CCS(=O)(=O)C2)cn1. The molecule has 1 unspecified atom stereocenters. The molecule has 0 aliphatic carbocycles. The molecule has 1 N–H and O–H groups in total. The van der Waals surface area contributed by atoms with Gasteiger partial charge in [-0.2, -0.15) is 0 Å². The molecule has 6 heteroatoms. The molecule has 0 bridgehead atoms. The van der Waals surface area contributed by atoms with E-state index in [1.54, 1.807) is 6.33 Å². The molecule has 1 fully saturated rings. The van der Waals surface area contributed by atoms with Crippen molar-refractivity contribution in [1.82, 2.24) is 14.9 Å². The van der Waals surface area contributed by atoms with E-state index >= 15 is 0 Å². The summed E-state index contributed by atoms with van der Waals surface area (Å²) in [6.45, 7) is 0.715. The molecule has 2 rings (SSSR count). The first-order valence-electron chi connectivity index (χ1n) is 4.98. The fourth-order valence-corrected chi connectivity index (χ4v) is 3.59. The molecular formula is C9H15N3O2S. The highest BCUT2D eigenvalue weighted by Gasteiger charge is 2.28. The Bertz CT molecular complexity index is 438. The van der Waals surface area contributed by atoms with Crippen LogP contribution in [0.25, 0.3) is 0 Å². The van der Waals surface area contributed by atoms with Gasteiger partial charge in [-0.1, -0.05) is 0 Å². The Morgan fingerprint density at radius 2 is 2.47 bits per heavy atom. The molecule has 1 saturated heterocycles. The summed E-state index contributed by atoms with van der Waals surface area (Å²) in [7, 11) is -0.951. The van der Waals surface area contributed by atoms with Crippen LogP contribution in [0, 0.1) is 0 Å². The minimum absolute atomic E-state index is 0.0770. The molecule has 1 aliphatic rings. The lowest BCUT2D eigenvalue weighted by atomic mass is 10.2. The monoisotopic (exact) mass is 229 g/mol. The lowest BCUT2D eigenvalue weighted by Gasteiger charge is -2.07. The lowest BCUT2D eigenvalue weighted by Crippen LogP contribution is -2.09. The van der Waals surface area contributed by atoms with E-state index in [1.807, 2.05) is 17.8 Å². The Balaban J connectivity index is 2.10. The van der Waals surface area contributed by atoms with Gasteiger partial charge in [-0.05, 0) is 13.5 Å². The highest BCUT2D eigenvalue weighted by atomic mass is 32.2. The van der Waals surface area contributed by atoms with Crippen LogP contribution in [0.2, 0.25) is 0 Å². The number of sulfone groups is 1. The van der Waals surface area contributed by atoms with Crippen molar-refractivity contribution >= 4 is 9.84 Å². The first-order chi connectivity index (χ1) is 7.11. The third kappa shape index (κ3) is 2.38. The second-order valence-electron chi connectivity index (χ2n) is 3.90. The molecule has 1 aromatic heterocycles. The molecule has 0 amide bonds. The van der Waals surface area contributed by atoms with Crippen LogP contribution in [0.4, 0.5) is 0 Å². The summed E-state index contributed by atoms with van der Waals surface area (Å²) in [4.78, 5) is 4.20. The van der Waals surface area contributed by atoms with Gasteiger partial charge in [0.15, 0.2) is 9.84 Å². The Morgan fingerprint density at radius 3 is 3.07 bits per heavy atom. The van der Waals surface area contributed by atoms with Crippen LogP contribution in [0.3, 0.4) is 0 Å². The third-order valence-electron chi connectivity index (χ3n) is 2.64. The van der Waals surface area contributed by atoms with Crippen molar-refractivity contribution in [2.75, 3.05) is 18.6 Å². The largest absolute Gasteiger partial charge is 0.333 e. The van der Waals surface area contributed by atoms with E-state index in [0.717, 1.165) is 5.69 Å². The molecule has 15 heavy (non-hydrogen) atoms. The summed E-state index contributed by atoms with van der Waals surface area (Å²) < 4.78 is 24.5. The van der Waals surface area contributed by atoms with E-state index in [4.69, 9.17) is 0 Å². The third-order valence-corrected chi connectivity index (χ3v) is 4.39. The number of nitrogens with one attached hydrogen (secondary N) is 1. The quantitative estimate of drug-likeness (QED) is 0.790. The maximum absolute atomic E-state index is 11.3. The molecule has 0 saturated carbocycles. The molecule has 5 nitrogen and oxygen atoms in total.